The standard InChI is InChI=1S/C17H25N5O/c1-5-17(6-2,11-18)20-16(23)14-7-8-15(19-10-14)22-13(4)9-12(3)21-22/h7-10H,5-6,11,18H2,1-4H3,(H,20,23). The quantitative estimate of drug-likeness (QED) is 0.855. The van der Waals surface area contributed by atoms with Crippen LogP contribution in [0, 0.1) is 13.8 Å². The number of hydrogen-bond acceptors (Lipinski definition) is 4. The predicted molar refractivity (Wildman–Crippen MR) is 90.7 cm³/mol. The maximum Gasteiger partial charge on any atom is 0.253 e. The van der Waals surface area contributed by atoms with Crippen LogP contribution in [0.5, 0.6) is 0 Å². The summed E-state index contributed by atoms with van der Waals surface area (Å²) in [5, 5.41) is 7.44. The van der Waals surface area contributed by atoms with Crippen molar-refractivity contribution in [3.63, 3.8) is 0 Å². The van der Waals surface area contributed by atoms with E-state index in [1.54, 1.807) is 23.0 Å². The van der Waals surface area contributed by atoms with Crippen molar-refractivity contribution < 1.29 is 4.79 Å². The highest BCUT2D eigenvalue weighted by molar-refractivity contribution is 5.94. The number of carbonyl (C=O) groups is 1. The molecule has 23 heavy (non-hydrogen) atoms. The van der Waals surface area contributed by atoms with Crippen LogP contribution in [-0.4, -0.2) is 32.8 Å². The van der Waals surface area contributed by atoms with Gasteiger partial charge in [-0.2, -0.15) is 5.10 Å². The van der Waals surface area contributed by atoms with Crippen LogP contribution in [-0.2, 0) is 0 Å². The first-order valence-electron chi connectivity index (χ1n) is 7.97. The van der Waals surface area contributed by atoms with Gasteiger partial charge in [-0.25, -0.2) is 9.67 Å². The van der Waals surface area contributed by atoms with E-state index in [4.69, 9.17) is 5.73 Å². The third-order valence-corrected chi connectivity index (χ3v) is 4.36. The minimum atomic E-state index is -0.356. The molecule has 0 spiro atoms. The number of rotatable bonds is 6. The fraction of sp³-hybridized carbons (Fsp3) is 0.471. The molecular weight excluding hydrogens is 290 g/mol. The fourth-order valence-electron chi connectivity index (χ4n) is 2.59. The number of aryl methyl sites for hydroxylation is 2. The van der Waals surface area contributed by atoms with Crippen molar-refractivity contribution in [2.75, 3.05) is 6.54 Å². The molecule has 6 heteroatoms. The van der Waals surface area contributed by atoms with Crippen LogP contribution < -0.4 is 11.1 Å². The molecule has 2 aromatic rings. The van der Waals surface area contributed by atoms with Gasteiger partial charge in [0, 0.05) is 18.4 Å². The third-order valence-electron chi connectivity index (χ3n) is 4.36. The SMILES string of the molecule is CCC(CC)(CN)NC(=O)c1ccc(-n2nc(C)cc2C)nc1. The lowest BCUT2D eigenvalue weighted by atomic mass is 9.92. The smallest absolute Gasteiger partial charge is 0.253 e. The van der Waals surface area contributed by atoms with E-state index in [-0.39, 0.29) is 11.4 Å². The van der Waals surface area contributed by atoms with Crippen molar-refractivity contribution in [2.45, 2.75) is 46.1 Å². The van der Waals surface area contributed by atoms with Gasteiger partial charge in [-0.15, -0.1) is 0 Å². The van der Waals surface area contributed by atoms with Crippen LogP contribution in [0.3, 0.4) is 0 Å². The van der Waals surface area contributed by atoms with Crippen LogP contribution in [0.2, 0.25) is 0 Å². The minimum absolute atomic E-state index is 0.147. The number of nitrogens with one attached hydrogen (secondary N) is 1. The molecule has 0 saturated heterocycles. The van der Waals surface area contributed by atoms with Crippen LogP contribution in [0.1, 0.15) is 48.4 Å². The van der Waals surface area contributed by atoms with Gasteiger partial charge in [0.05, 0.1) is 16.8 Å². The molecule has 0 radical (unpaired) electrons. The van der Waals surface area contributed by atoms with Crippen molar-refractivity contribution in [3.05, 3.63) is 41.3 Å². The van der Waals surface area contributed by atoms with Crippen LogP contribution >= 0.6 is 0 Å². The number of amides is 1. The number of hydrogen-bond donors (Lipinski definition) is 2. The summed E-state index contributed by atoms with van der Waals surface area (Å²) in [5.74, 6) is 0.551. The molecule has 0 unspecified atom stereocenters. The highest BCUT2D eigenvalue weighted by Crippen LogP contribution is 2.15. The molecule has 124 valence electrons. The molecular formula is C17H25N5O. The maximum atomic E-state index is 12.4. The first-order valence-corrected chi connectivity index (χ1v) is 7.97. The summed E-state index contributed by atoms with van der Waals surface area (Å²) in [5.41, 5.74) is 7.94. The predicted octanol–water partition coefficient (Wildman–Crippen LogP) is 2.13. The van der Waals surface area contributed by atoms with Gasteiger partial charge in [0.15, 0.2) is 5.82 Å². The van der Waals surface area contributed by atoms with E-state index in [9.17, 15) is 4.79 Å². The van der Waals surface area contributed by atoms with E-state index >= 15 is 0 Å². The second kappa shape index (κ2) is 6.91. The topological polar surface area (TPSA) is 85.8 Å². The van der Waals surface area contributed by atoms with Gasteiger partial charge in [-0.1, -0.05) is 13.8 Å². The Labute approximate surface area is 137 Å². The molecule has 0 saturated carbocycles. The summed E-state index contributed by atoms with van der Waals surface area (Å²) in [6.07, 6.45) is 3.17. The summed E-state index contributed by atoms with van der Waals surface area (Å²) < 4.78 is 1.76. The number of carbonyl (C=O) groups excluding carboxylic acids is 1. The lowest BCUT2D eigenvalue weighted by molar-refractivity contribution is 0.0895. The molecule has 6 nitrogen and oxygen atoms in total. The highest BCUT2D eigenvalue weighted by Gasteiger charge is 2.26. The average Bonchev–Trinajstić information content (AvgIpc) is 2.91. The zero-order chi connectivity index (χ0) is 17.0. The normalized spacial score (nSPS) is 11.5. The van der Waals surface area contributed by atoms with Crippen molar-refractivity contribution in [1.82, 2.24) is 20.1 Å². The van der Waals surface area contributed by atoms with Gasteiger partial charge in [0.1, 0.15) is 0 Å². The summed E-state index contributed by atoms with van der Waals surface area (Å²) in [6, 6.07) is 5.55. The molecule has 0 aromatic carbocycles. The molecule has 0 atom stereocenters. The minimum Gasteiger partial charge on any atom is -0.345 e. The maximum absolute atomic E-state index is 12.4. The Morgan fingerprint density at radius 2 is 2.00 bits per heavy atom. The van der Waals surface area contributed by atoms with Gasteiger partial charge in [0.25, 0.3) is 5.91 Å². The van der Waals surface area contributed by atoms with Gasteiger partial charge in [-0.3, -0.25) is 4.79 Å². The lowest BCUT2D eigenvalue weighted by Crippen LogP contribution is -2.52. The monoisotopic (exact) mass is 315 g/mol. The number of nitrogens with two attached hydrogens (primary N) is 1. The third kappa shape index (κ3) is 3.59. The van der Waals surface area contributed by atoms with Crippen LogP contribution in [0.4, 0.5) is 0 Å². The van der Waals surface area contributed by atoms with Crippen molar-refractivity contribution >= 4 is 5.91 Å². The molecule has 0 aliphatic rings. The Balaban J connectivity index is 2.19. The average molecular weight is 315 g/mol. The van der Waals surface area contributed by atoms with E-state index in [0.29, 0.717) is 17.9 Å². The van der Waals surface area contributed by atoms with Crippen molar-refractivity contribution in [3.8, 4) is 5.82 Å². The Hall–Kier alpha value is -2.21. The van der Waals surface area contributed by atoms with E-state index in [2.05, 4.69) is 15.4 Å². The summed E-state index contributed by atoms with van der Waals surface area (Å²) in [6.45, 7) is 8.39. The Bertz CT molecular complexity index is 663. The molecule has 0 aliphatic carbocycles. The second-order valence-corrected chi connectivity index (χ2v) is 5.89. The summed E-state index contributed by atoms with van der Waals surface area (Å²) in [4.78, 5) is 16.8. The molecule has 0 fully saturated rings. The number of aromatic nitrogens is 3. The lowest BCUT2D eigenvalue weighted by Gasteiger charge is -2.31. The number of pyridine rings is 1. The zero-order valence-electron chi connectivity index (χ0n) is 14.3. The fourth-order valence-corrected chi connectivity index (χ4v) is 2.59. The van der Waals surface area contributed by atoms with Gasteiger partial charge in [-0.05, 0) is 44.9 Å². The van der Waals surface area contributed by atoms with Gasteiger partial charge in [0.2, 0.25) is 0 Å². The first-order chi connectivity index (χ1) is 10.9. The van der Waals surface area contributed by atoms with Crippen molar-refractivity contribution in [2.24, 2.45) is 5.73 Å². The Morgan fingerprint density at radius 1 is 1.30 bits per heavy atom. The van der Waals surface area contributed by atoms with Gasteiger partial charge < -0.3 is 11.1 Å². The van der Waals surface area contributed by atoms with E-state index in [0.717, 1.165) is 24.2 Å². The van der Waals surface area contributed by atoms with Crippen LogP contribution in [0.15, 0.2) is 24.4 Å². The van der Waals surface area contributed by atoms with Crippen molar-refractivity contribution in [1.29, 1.82) is 0 Å². The molecule has 2 rings (SSSR count). The highest BCUT2D eigenvalue weighted by atomic mass is 16.1. The van der Waals surface area contributed by atoms with E-state index in [1.165, 1.54) is 0 Å². The summed E-state index contributed by atoms with van der Waals surface area (Å²) >= 11 is 0. The summed E-state index contributed by atoms with van der Waals surface area (Å²) in [7, 11) is 0. The van der Waals surface area contributed by atoms with Gasteiger partial charge >= 0.3 is 0 Å². The molecule has 0 aliphatic heterocycles. The largest absolute Gasteiger partial charge is 0.345 e. The Kier molecular flexibility index (Phi) is 5.15. The Morgan fingerprint density at radius 3 is 2.43 bits per heavy atom. The van der Waals surface area contributed by atoms with E-state index < -0.39 is 0 Å². The number of nitrogens with zero attached hydrogens (tertiary/aromatic N) is 3. The molecule has 3 N–H and O–H groups in total. The molecule has 0 bridgehead atoms. The zero-order valence-corrected chi connectivity index (χ0v) is 14.3. The first kappa shape index (κ1) is 17.1. The molecule has 2 aromatic heterocycles. The second-order valence-electron chi connectivity index (χ2n) is 5.89. The van der Waals surface area contributed by atoms with E-state index in [1.807, 2.05) is 33.8 Å². The van der Waals surface area contributed by atoms with Crippen LogP contribution in [0.25, 0.3) is 5.82 Å². The molecule has 1 amide bonds. The molecule has 2 heterocycles.